The van der Waals surface area contributed by atoms with Crippen molar-refractivity contribution in [1.29, 1.82) is 0 Å². The summed E-state index contributed by atoms with van der Waals surface area (Å²) in [5, 5.41) is 16.8. The van der Waals surface area contributed by atoms with Gasteiger partial charge in [0.05, 0.1) is 18.7 Å². The molecule has 2 aromatic rings. The van der Waals surface area contributed by atoms with Gasteiger partial charge in [0.15, 0.2) is 5.13 Å². The third-order valence-electron chi connectivity index (χ3n) is 8.78. The highest BCUT2D eigenvalue weighted by molar-refractivity contribution is 8.01. The molecule has 2 fully saturated rings. The maximum absolute atomic E-state index is 13.6. The van der Waals surface area contributed by atoms with Crippen LogP contribution in [-0.4, -0.2) is 115 Å². The summed E-state index contributed by atoms with van der Waals surface area (Å²) < 4.78 is 17.9. The van der Waals surface area contributed by atoms with E-state index < -0.39 is 36.2 Å². The zero-order valence-corrected chi connectivity index (χ0v) is 31.6. The molecule has 0 radical (unpaired) electrons. The number of thioether (sulfide) groups is 2. The van der Waals surface area contributed by atoms with Gasteiger partial charge in [0.1, 0.15) is 23.2 Å². The van der Waals surface area contributed by atoms with Gasteiger partial charge in [-0.2, -0.15) is 0 Å². The Hall–Kier alpha value is -3.42. The van der Waals surface area contributed by atoms with E-state index >= 15 is 0 Å². The fraction of sp³-hybridized carbons (Fsp3) is 0.688. The number of nitrogens with zero attached hydrogens (tertiary/aromatic N) is 7. The summed E-state index contributed by atoms with van der Waals surface area (Å²) in [7, 11) is 3.91. The van der Waals surface area contributed by atoms with Crippen LogP contribution in [0.25, 0.3) is 0 Å². The number of tetrazole rings is 1. The summed E-state index contributed by atoms with van der Waals surface area (Å²) in [5.74, 6) is -0.982. The summed E-state index contributed by atoms with van der Waals surface area (Å²) in [4.78, 5) is 60.0. The number of ether oxygens (including phenoxy) is 3. The highest BCUT2D eigenvalue weighted by atomic mass is 32.2. The van der Waals surface area contributed by atoms with Crippen LogP contribution in [-0.2, 0) is 41.6 Å². The van der Waals surface area contributed by atoms with Crippen LogP contribution in [0.3, 0.4) is 0 Å². The first-order valence-corrected chi connectivity index (χ1v) is 20.3. The fourth-order valence-electron chi connectivity index (χ4n) is 6.08. The van der Waals surface area contributed by atoms with Gasteiger partial charge >= 0.3 is 12.1 Å². The lowest BCUT2D eigenvalue weighted by Crippen LogP contribution is -2.70. The lowest BCUT2D eigenvalue weighted by atomic mass is 9.99. The highest BCUT2D eigenvalue weighted by Gasteiger charge is 2.54. The number of esters is 1. The van der Waals surface area contributed by atoms with Crippen molar-refractivity contribution < 1.29 is 33.4 Å². The summed E-state index contributed by atoms with van der Waals surface area (Å²) >= 11 is 3.99. The third kappa shape index (κ3) is 11.3. The predicted octanol–water partition coefficient (Wildman–Crippen LogP) is 3.59. The molecule has 4 heterocycles. The molecule has 2 aromatic heterocycles. The molecule has 1 aliphatic carbocycles. The number of carbonyl (C=O) groups excluding carboxylic acids is 4. The van der Waals surface area contributed by atoms with Crippen molar-refractivity contribution >= 4 is 63.9 Å². The van der Waals surface area contributed by atoms with Crippen LogP contribution in [0.15, 0.2) is 21.8 Å². The molecule has 0 aromatic carbocycles. The monoisotopic (exact) mass is 765 g/mol. The number of nitrogens with two attached hydrogens (primary N) is 1. The molecule has 16 nitrogen and oxygen atoms in total. The molecular formula is C32H47N9O7S3. The maximum Gasteiger partial charge on any atom is 0.511 e. The average Bonchev–Trinajstić information content (AvgIpc) is 3.73. The number of carbonyl (C=O) groups is 4. The molecule has 51 heavy (non-hydrogen) atoms. The Labute approximate surface area is 309 Å². The largest absolute Gasteiger partial charge is 0.511 e. The number of β-lactam (4-membered cyclic amide) rings is 1. The molecule has 5 rings (SSSR count). The average molecular weight is 766 g/mol. The van der Waals surface area contributed by atoms with Gasteiger partial charge in [0.25, 0.3) is 5.91 Å². The van der Waals surface area contributed by atoms with E-state index in [-0.39, 0.29) is 24.1 Å². The van der Waals surface area contributed by atoms with E-state index in [4.69, 9.17) is 19.9 Å². The molecule has 2 atom stereocenters. The van der Waals surface area contributed by atoms with E-state index in [1.807, 2.05) is 19.0 Å². The number of thiazole rings is 1. The molecule has 0 unspecified atom stereocenters. The zero-order chi connectivity index (χ0) is 36.2. The lowest BCUT2D eigenvalue weighted by molar-refractivity contribution is -0.158. The molecule has 0 spiro atoms. The summed E-state index contributed by atoms with van der Waals surface area (Å²) in [6, 6.07) is -0.842. The van der Waals surface area contributed by atoms with Crippen molar-refractivity contribution in [3.63, 3.8) is 0 Å². The Morgan fingerprint density at radius 3 is 2.43 bits per heavy atom. The lowest BCUT2D eigenvalue weighted by Gasteiger charge is -2.49. The Balaban J connectivity index is 1.21. The van der Waals surface area contributed by atoms with Crippen LogP contribution in [0.4, 0.5) is 9.93 Å². The van der Waals surface area contributed by atoms with E-state index in [2.05, 4.69) is 25.8 Å². The molecular weight excluding hydrogens is 719 g/mol. The van der Waals surface area contributed by atoms with Crippen LogP contribution < -0.4 is 11.1 Å². The quantitative estimate of drug-likeness (QED) is 0.130. The molecule has 19 heteroatoms. The SMILES string of the molecule is CN(C)CCn1nnnc1SCC1=C(C(=O)OCOC(=O)OC2CCCCCCCCCCC2)N2C(=O)[C@@H](NC(=O)Cc3csc(N)n3)[C@@H]2SC1. The van der Waals surface area contributed by atoms with E-state index in [1.165, 1.54) is 71.9 Å². The maximum atomic E-state index is 13.6. The van der Waals surface area contributed by atoms with Crippen molar-refractivity contribution in [2.45, 2.75) is 106 Å². The van der Waals surface area contributed by atoms with E-state index in [1.54, 1.807) is 10.1 Å². The minimum Gasteiger partial charge on any atom is -0.431 e. The molecule has 280 valence electrons. The van der Waals surface area contributed by atoms with Gasteiger partial charge in [0, 0.05) is 23.4 Å². The number of hydrogen-bond acceptors (Lipinski definition) is 16. The molecule has 3 aliphatic rings. The van der Waals surface area contributed by atoms with Crippen LogP contribution in [0.5, 0.6) is 0 Å². The summed E-state index contributed by atoms with van der Waals surface area (Å²) in [6.45, 7) is 0.625. The smallest absolute Gasteiger partial charge is 0.431 e. The number of nitrogen functional groups attached to an aromatic ring is 1. The van der Waals surface area contributed by atoms with E-state index in [9.17, 15) is 19.2 Å². The number of nitrogens with one attached hydrogen (secondary N) is 1. The second-order valence-corrected chi connectivity index (χ2v) is 15.9. The van der Waals surface area contributed by atoms with E-state index in [0.29, 0.717) is 39.6 Å². The Kier molecular flexibility index (Phi) is 14.8. The first-order chi connectivity index (χ1) is 24.7. The van der Waals surface area contributed by atoms with Gasteiger partial charge in [0.2, 0.25) is 17.9 Å². The third-order valence-corrected chi connectivity index (χ3v) is 11.9. The minimum atomic E-state index is -0.893. The second kappa shape index (κ2) is 19.4. The van der Waals surface area contributed by atoms with Crippen molar-refractivity contribution in [3.05, 3.63) is 22.3 Å². The number of hydrogen-bond donors (Lipinski definition) is 2. The zero-order valence-electron chi connectivity index (χ0n) is 29.1. The van der Waals surface area contributed by atoms with Crippen molar-refractivity contribution in [3.8, 4) is 0 Å². The Morgan fingerprint density at radius 1 is 1.06 bits per heavy atom. The van der Waals surface area contributed by atoms with Crippen molar-refractivity contribution in [2.75, 3.05) is 44.7 Å². The predicted molar refractivity (Wildman–Crippen MR) is 192 cm³/mol. The number of rotatable bonds is 13. The van der Waals surface area contributed by atoms with Gasteiger partial charge in [-0.3, -0.25) is 14.5 Å². The number of anilines is 1. The summed E-state index contributed by atoms with van der Waals surface area (Å²) in [5.41, 5.74) is 6.87. The van der Waals surface area contributed by atoms with Crippen molar-refractivity contribution in [2.24, 2.45) is 0 Å². The number of aromatic nitrogens is 5. The van der Waals surface area contributed by atoms with Gasteiger partial charge in [-0.05, 0) is 55.8 Å². The molecule has 1 saturated carbocycles. The Bertz CT molecular complexity index is 1520. The first-order valence-electron chi connectivity index (χ1n) is 17.4. The van der Waals surface area contributed by atoms with Crippen LogP contribution >= 0.6 is 34.9 Å². The van der Waals surface area contributed by atoms with Crippen LogP contribution in [0.2, 0.25) is 0 Å². The topological polar surface area (TPSA) is 197 Å². The molecule has 1 saturated heterocycles. The van der Waals surface area contributed by atoms with Gasteiger partial charge < -0.3 is 30.2 Å². The van der Waals surface area contributed by atoms with Gasteiger partial charge in [-0.15, -0.1) is 28.2 Å². The number of amides is 2. The minimum absolute atomic E-state index is 0.0294. The Morgan fingerprint density at radius 2 is 1.76 bits per heavy atom. The molecule has 2 aliphatic heterocycles. The van der Waals surface area contributed by atoms with E-state index in [0.717, 1.165) is 45.1 Å². The first kappa shape index (κ1) is 38.8. The fourth-order valence-corrected chi connectivity index (χ4v) is 9.03. The molecule has 2 amide bonds. The molecule has 0 bridgehead atoms. The van der Waals surface area contributed by atoms with Gasteiger partial charge in [-0.1, -0.05) is 56.7 Å². The highest BCUT2D eigenvalue weighted by Crippen LogP contribution is 2.42. The normalized spacial score (nSPS) is 20.5. The van der Waals surface area contributed by atoms with Crippen molar-refractivity contribution in [1.82, 2.24) is 40.3 Å². The summed E-state index contributed by atoms with van der Waals surface area (Å²) in [6.07, 6.45) is 10.7. The number of fused-ring (bicyclic) bond motifs is 1. The van der Waals surface area contributed by atoms with Crippen LogP contribution in [0, 0.1) is 0 Å². The number of likely N-dealkylation sites (N-methyl/N-ethyl adjacent to an activating group) is 1. The van der Waals surface area contributed by atoms with Crippen LogP contribution in [0.1, 0.15) is 76.3 Å². The standard InChI is InChI=1S/C32H47N9O7S3/c1-39(2)14-15-40-31(36-37-38-40)51-18-21-17-49-28-25(35-24(42)16-22-19-50-30(33)34-22)27(43)41(28)26(21)29(44)46-20-47-32(45)48-23-12-10-8-6-4-3-5-7-9-11-13-23/h19,23,25,28H,3-18,20H2,1-2H3,(H2,33,34)(H,35,42)/t25-,28+/m1/s1. The molecule has 3 N–H and O–H groups in total. The van der Waals surface area contributed by atoms with Gasteiger partial charge in [-0.25, -0.2) is 19.3 Å². The second-order valence-electron chi connectivity index (χ2n) is 13.0.